The molecule has 0 N–H and O–H groups in total. The maximum Gasteiger partial charge on any atom is 0.126 e. The van der Waals surface area contributed by atoms with Crippen molar-refractivity contribution in [2.75, 3.05) is 7.11 Å². The topological polar surface area (TPSA) is 9.23 Å². The van der Waals surface area contributed by atoms with Crippen LogP contribution in [0.5, 0.6) is 0 Å². The Morgan fingerprint density at radius 1 is 0.889 bits per heavy atom. The zero-order valence-electron chi connectivity index (χ0n) is 10.7. The predicted molar refractivity (Wildman–Crippen MR) is 74.3 cm³/mol. The van der Waals surface area contributed by atoms with Crippen molar-refractivity contribution >= 4 is 5.76 Å². The number of methoxy groups -OCH3 is 1. The molecule has 2 aromatic rings. The first-order valence-corrected chi connectivity index (χ1v) is 6.22. The number of allylic oxidation sites excluding steroid dienone is 1. The molecule has 0 amide bonds. The van der Waals surface area contributed by atoms with Gasteiger partial charge in [-0.25, -0.2) is 0 Å². The van der Waals surface area contributed by atoms with Crippen LogP contribution in [0.2, 0.25) is 0 Å². The highest BCUT2D eigenvalue weighted by Crippen LogP contribution is 2.45. The van der Waals surface area contributed by atoms with Gasteiger partial charge in [0.2, 0.25) is 0 Å². The van der Waals surface area contributed by atoms with Gasteiger partial charge in [0, 0.05) is 11.5 Å². The van der Waals surface area contributed by atoms with E-state index in [1.807, 2.05) is 0 Å². The van der Waals surface area contributed by atoms with E-state index in [0.717, 1.165) is 5.76 Å². The number of benzene rings is 2. The van der Waals surface area contributed by atoms with Gasteiger partial charge in [0.15, 0.2) is 0 Å². The highest BCUT2D eigenvalue weighted by Gasteiger charge is 2.30. The molecule has 0 heterocycles. The maximum absolute atomic E-state index is 5.58. The molecule has 0 fully saturated rings. The molecule has 1 unspecified atom stereocenters. The first kappa shape index (κ1) is 11.1. The van der Waals surface area contributed by atoms with E-state index in [4.69, 9.17) is 4.74 Å². The highest BCUT2D eigenvalue weighted by atomic mass is 16.5. The molecule has 1 atom stereocenters. The first-order chi connectivity index (χ1) is 8.83. The van der Waals surface area contributed by atoms with E-state index in [1.54, 1.807) is 7.11 Å². The van der Waals surface area contributed by atoms with E-state index in [9.17, 15) is 0 Å². The second-order valence-corrected chi connectivity index (χ2v) is 4.65. The Bertz CT molecular complexity index is 596. The van der Waals surface area contributed by atoms with Crippen LogP contribution in [0.1, 0.15) is 29.5 Å². The lowest BCUT2D eigenvalue weighted by Gasteiger charge is -2.14. The number of ether oxygens (including phenoxy) is 1. The lowest BCUT2D eigenvalue weighted by molar-refractivity contribution is 0.368. The van der Waals surface area contributed by atoms with Crippen LogP contribution < -0.4 is 0 Å². The van der Waals surface area contributed by atoms with Crippen LogP contribution in [-0.4, -0.2) is 7.11 Å². The fourth-order valence-corrected chi connectivity index (χ4v) is 2.88. The summed E-state index contributed by atoms with van der Waals surface area (Å²) in [7, 11) is 1.75. The van der Waals surface area contributed by atoms with Crippen molar-refractivity contribution in [2.24, 2.45) is 0 Å². The fraction of sp³-hybridized carbons (Fsp3) is 0.176. The highest BCUT2D eigenvalue weighted by molar-refractivity contribution is 5.75. The zero-order chi connectivity index (χ0) is 12.5. The summed E-state index contributed by atoms with van der Waals surface area (Å²) in [5.74, 6) is 1.36. The minimum atomic E-state index is 0.331. The van der Waals surface area contributed by atoms with Crippen LogP contribution in [0.3, 0.4) is 0 Å². The minimum Gasteiger partial charge on any atom is -0.496 e. The molecule has 0 saturated carbocycles. The van der Waals surface area contributed by atoms with Crippen molar-refractivity contribution in [3.8, 4) is 0 Å². The summed E-state index contributed by atoms with van der Waals surface area (Å²) in [6.07, 6.45) is 0. The summed E-state index contributed by atoms with van der Waals surface area (Å²) in [5, 5.41) is 0. The monoisotopic (exact) mass is 236 g/mol. The van der Waals surface area contributed by atoms with Gasteiger partial charge in [0.05, 0.1) is 7.11 Å². The average Bonchev–Trinajstić information content (AvgIpc) is 2.71. The lowest BCUT2D eigenvalue weighted by atomic mass is 9.89. The normalized spacial score (nSPS) is 17.8. The molecule has 0 radical (unpaired) electrons. The number of fused-ring (bicyclic) bond motifs is 1. The quantitative estimate of drug-likeness (QED) is 0.759. The molecule has 3 rings (SSSR count). The number of hydrogen-bond donors (Lipinski definition) is 0. The molecule has 18 heavy (non-hydrogen) atoms. The average molecular weight is 236 g/mol. The van der Waals surface area contributed by atoms with Crippen molar-refractivity contribution in [1.29, 1.82) is 0 Å². The Morgan fingerprint density at radius 2 is 1.56 bits per heavy atom. The molecule has 1 aliphatic rings. The number of hydrogen-bond acceptors (Lipinski definition) is 1. The van der Waals surface area contributed by atoms with Crippen LogP contribution in [0, 0.1) is 0 Å². The van der Waals surface area contributed by atoms with E-state index in [0.29, 0.717) is 5.92 Å². The Kier molecular flexibility index (Phi) is 2.67. The van der Waals surface area contributed by atoms with Gasteiger partial charge < -0.3 is 4.74 Å². The van der Waals surface area contributed by atoms with Gasteiger partial charge in [-0.1, -0.05) is 54.6 Å². The van der Waals surface area contributed by atoms with E-state index >= 15 is 0 Å². The summed E-state index contributed by atoms with van der Waals surface area (Å²) in [5.41, 5.74) is 5.20. The molecule has 0 bridgehead atoms. The smallest absolute Gasteiger partial charge is 0.126 e. The van der Waals surface area contributed by atoms with Crippen LogP contribution in [0.15, 0.2) is 60.2 Å². The summed E-state index contributed by atoms with van der Waals surface area (Å²) >= 11 is 0. The third kappa shape index (κ3) is 1.55. The largest absolute Gasteiger partial charge is 0.496 e. The van der Waals surface area contributed by atoms with E-state index < -0.39 is 0 Å². The van der Waals surface area contributed by atoms with Gasteiger partial charge >= 0.3 is 0 Å². The van der Waals surface area contributed by atoms with Gasteiger partial charge in [-0.15, -0.1) is 0 Å². The van der Waals surface area contributed by atoms with Crippen molar-refractivity contribution in [3.05, 3.63) is 76.9 Å². The molecule has 1 nitrogen and oxygen atoms in total. The Morgan fingerprint density at radius 3 is 2.28 bits per heavy atom. The minimum absolute atomic E-state index is 0.331. The van der Waals surface area contributed by atoms with Crippen molar-refractivity contribution < 1.29 is 4.74 Å². The first-order valence-electron chi connectivity index (χ1n) is 6.22. The van der Waals surface area contributed by atoms with Crippen LogP contribution in [0.4, 0.5) is 0 Å². The summed E-state index contributed by atoms with van der Waals surface area (Å²) in [4.78, 5) is 0. The summed E-state index contributed by atoms with van der Waals surface area (Å²) < 4.78 is 5.58. The third-order valence-electron chi connectivity index (χ3n) is 3.64. The van der Waals surface area contributed by atoms with Crippen LogP contribution >= 0.6 is 0 Å². The second-order valence-electron chi connectivity index (χ2n) is 4.65. The van der Waals surface area contributed by atoms with Crippen molar-refractivity contribution in [3.63, 3.8) is 0 Å². The van der Waals surface area contributed by atoms with Crippen molar-refractivity contribution in [1.82, 2.24) is 0 Å². The predicted octanol–water partition coefficient (Wildman–Crippen LogP) is 4.21. The van der Waals surface area contributed by atoms with Crippen molar-refractivity contribution in [2.45, 2.75) is 12.8 Å². The summed E-state index contributed by atoms with van der Waals surface area (Å²) in [6, 6.07) is 19.1. The van der Waals surface area contributed by atoms with E-state index in [2.05, 4.69) is 61.5 Å². The van der Waals surface area contributed by atoms with Gasteiger partial charge in [0.25, 0.3) is 0 Å². The molecule has 0 aromatic heterocycles. The van der Waals surface area contributed by atoms with E-state index in [-0.39, 0.29) is 0 Å². The van der Waals surface area contributed by atoms with Gasteiger partial charge in [-0.3, -0.25) is 0 Å². The Balaban J connectivity index is 2.19. The van der Waals surface area contributed by atoms with Crippen LogP contribution in [0.25, 0.3) is 5.76 Å². The van der Waals surface area contributed by atoms with E-state index in [1.165, 1.54) is 22.3 Å². The molecule has 0 spiro atoms. The number of rotatable bonds is 2. The van der Waals surface area contributed by atoms with Crippen LogP contribution in [-0.2, 0) is 4.74 Å². The fourth-order valence-electron chi connectivity index (χ4n) is 2.88. The molecule has 1 aliphatic carbocycles. The molecule has 90 valence electrons. The van der Waals surface area contributed by atoms with Gasteiger partial charge in [0.1, 0.15) is 5.76 Å². The molecular weight excluding hydrogens is 220 g/mol. The molecular formula is C17H16O. The standard InChI is InChI=1S/C17H16O/c1-12-16(13-8-4-3-5-9-13)14-10-6-7-11-15(14)17(12)18-2/h3-11,16H,1-2H3. The molecule has 2 aromatic carbocycles. The maximum atomic E-state index is 5.58. The zero-order valence-corrected chi connectivity index (χ0v) is 10.7. The molecule has 0 aliphatic heterocycles. The van der Waals surface area contributed by atoms with Gasteiger partial charge in [-0.2, -0.15) is 0 Å². The second kappa shape index (κ2) is 4.34. The Hall–Kier alpha value is -2.02. The van der Waals surface area contributed by atoms with Gasteiger partial charge in [-0.05, 0) is 23.6 Å². The molecule has 1 heteroatoms. The Labute approximate surface area is 108 Å². The summed E-state index contributed by atoms with van der Waals surface area (Å²) in [6.45, 7) is 2.16. The lowest BCUT2D eigenvalue weighted by Crippen LogP contribution is -1.98. The molecule has 0 saturated heterocycles. The third-order valence-corrected chi connectivity index (χ3v) is 3.64. The SMILES string of the molecule is COC1=C(C)C(c2ccccc2)c2ccccc21.